The monoisotopic (exact) mass is 518 g/mol. The molecule has 0 aromatic carbocycles. The van der Waals surface area contributed by atoms with Crippen molar-refractivity contribution in [2.75, 3.05) is 13.2 Å². The Kier molecular flexibility index (Phi) is 7.04. The number of hydrogen-bond donors (Lipinski definition) is 1. The van der Waals surface area contributed by atoms with Crippen molar-refractivity contribution in [3.8, 4) is 0 Å². The SMILES string of the molecule is CCC(NC(=O)c1cc(C(=O)N2CCCC2C(F)(F)F)n2c1COCC2)c1ccc(C(F)(F)F)nc1. The molecule has 2 aromatic heterocycles. The molecule has 13 heteroatoms. The Hall–Kier alpha value is -3.09. The summed E-state index contributed by atoms with van der Waals surface area (Å²) in [6.45, 7) is 2.08. The van der Waals surface area contributed by atoms with E-state index in [0.717, 1.165) is 17.2 Å². The minimum Gasteiger partial charge on any atom is -0.373 e. The maximum atomic E-state index is 13.4. The van der Waals surface area contributed by atoms with E-state index in [9.17, 15) is 35.9 Å². The summed E-state index contributed by atoms with van der Waals surface area (Å²) in [6, 6.07) is 0.750. The summed E-state index contributed by atoms with van der Waals surface area (Å²) >= 11 is 0. The van der Waals surface area contributed by atoms with Crippen LogP contribution < -0.4 is 5.32 Å². The van der Waals surface area contributed by atoms with Crippen molar-refractivity contribution in [2.24, 2.45) is 0 Å². The number of halogens is 6. The predicted octanol–water partition coefficient (Wildman–Crippen LogP) is 4.48. The van der Waals surface area contributed by atoms with Gasteiger partial charge in [0, 0.05) is 19.3 Å². The van der Waals surface area contributed by atoms with Crippen LogP contribution in [0.1, 0.15) is 70.0 Å². The summed E-state index contributed by atoms with van der Waals surface area (Å²) in [7, 11) is 0. The van der Waals surface area contributed by atoms with Gasteiger partial charge in [-0.05, 0) is 37.0 Å². The summed E-state index contributed by atoms with van der Waals surface area (Å²) in [4.78, 5) is 30.6. The summed E-state index contributed by atoms with van der Waals surface area (Å²) in [6.07, 6.45) is -7.75. The van der Waals surface area contributed by atoms with E-state index in [1.807, 2.05) is 0 Å². The molecule has 1 fully saturated rings. The molecule has 0 aliphatic carbocycles. The third-order valence-electron chi connectivity index (χ3n) is 6.45. The summed E-state index contributed by atoms with van der Waals surface area (Å²) in [5, 5.41) is 2.73. The smallest absolute Gasteiger partial charge is 0.373 e. The number of rotatable bonds is 5. The fourth-order valence-electron chi connectivity index (χ4n) is 4.63. The maximum absolute atomic E-state index is 13.4. The highest BCUT2D eigenvalue weighted by Gasteiger charge is 2.48. The van der Waals surface area contributed by atoms with E-state index in [1.54, 1.807) is 6.92 Å². The molecule has 2 aromatic rings. The molecule has 1 N–H and O–H groups in total. The number of ether oxygens (including phenoxy) is 1. The van der Waals surface area contributed by atoms with Gasteiger partial charge >= 0.3 is 12.4 Å². The molecule has 0 spiro atoms. The molecule has 2 atom stereocenters. The molecule has 7 nitrogen and oxygen atoms in total. The van der Waals surface area contributed by atoms with Crippen LogP contribution >= 0.6 is 0 Å². The van der Waals surface area contributed by atoms with Crippen LogP contribution in [0.4, 0.5) is 26.3 Å². The first-order valence-electron chi connectivity index (χ1n) is 11.4. The van der Waals surface area contributed by atoms with Gasteiger partial charge < -0.3 is 19.5 Å². The minimum absolute atomic E-state index is 0.0165. The lowest BCUT2D eigenvalue weighted by atomic mass is 10.1. The number of fused-ring (bicyclic) bond motifs is 1. The second-order valence-electron chi connectivity index (χ2n) is 8.70. The van der Waals surface area contributed by atoms with Crippen molar-refractivity contribution < 1.29 is 40.7 Å². The highest BCUT2D eigenvalue weighted by Crippen LogP contribution is 2.34. The number of likely N-dealkylation sites (tertiary alicyclic amines) is 1. The van der Waals surface area contributed by atoms with E-state index in [2.05, 4.69) is 10.3 Å². The number of hydrogen-bond acceptors (Lipinski definition) is 4. The molecule has 2 amide bonds. The van der Waals surface area contributed by atoms with Crippen molar-refractivity contribution in [1.82, 2.24) is 19.8 Å². The standard InChI is InChI=1S/C23H24F6N4O3/c1-2-15(13-5-6-18(30-11-13)22(24,25)26)31-20(34)14-10-16(32-8-9-36-12-17(14)32)21(35)33-7-3-4-19(33)23(27,28)29/h5-6,10-11,15,19H,2-4,7-9,12H2,1H3,(H,31,34). The summed E-state index contributed by atoms with van der Waals surface area (Å²) in [5.41, 5.74) is -0.318. The second-order valence-corrected chi connectivity index (χ2v) is 8.70. The van der Waals surface area contributed by atoms with Gasteiger partial charge in [0.25, 0.3) is 11.8 Å². The van der Waals surface area contributed by atoms with E-state index in [1.165, 1.54) is 16.7 Å². The average Bonchev–Trinajstić information content (AvgIpc) is 3.47. The third kappa shape index (κ3) is 5.06. The van der Waals surface area contributed by atoms with Gasteiger partial charge in [-0.2, -0.15) is 26.3 Å². The van der Waals surface area contributed by atoms with Gasteiger partial charge in [0.1, 0.15) is 17.4 Å². The number of carbonyl (C=O) groups excluding carboxylic acids is 2. The first-order valence-corrected chi connectivity index (χ1v) is 11.4. The topological polar surface area (TPSA) is 76.5 Å². The largest absolute Gasteiger partial charge is 0.433 e. The Bertz CT molecular complexity index is 1130. The highest BCUT2D eigenvalue weighted by molar-refractivity contribution is 6.01. The lowest BCUT2D eigenvalue weighted by Gasteiger charge is -2.27. The number of pyridine rings is 1. The summed E-state index contributed by atoms with van der Waals surface area (Å²) < 4.78 is 85.7. The Labute approximate surface area is 202 Å². The molecule has 2 unspecified atom stereocenters. The van der Waals surface area contributed by atoms with Gasteiger partial charge in [-0.1, -0.05) is 13.0 Å². The van der Waals surface area contributed by atoms with Gasteiger partial charge in [0.2, 0.25) is 0 Å². The number of nitrogens with one attached hydrogen (secondary N) is 1. The number of aromatic nitrogens is 2. The molecule has 4 heterocycles. The number of alkyl halides is 6. The molecule has 36 heavy (non-hydrogen) atoms. The first-order chi connectivity index (χ1) is 16.9. The highest BCUT2D eigenvalue weighted by atomic mass is 19.4. The molecule has 196 valence electrons. The maximum Gasteiger partial charge on any atom is 0.433 e. The second kappa shape index (κ2) is 9.75. The molecular weight excluding hydrogens is 494 g/mol. The Morgan fingerprint density at radius 2 is 1.94 bits per heavy atom. The van der Waals surface area contributed by atoms with Gasteiger partial charge in [-0.25, -0.2) is 0 Å². The van der Waals surface area contributed by atoms with E-state index in [4.69, 9.17) is 4.74 Å². The van der Waals surface area contributed by atoms with Gasteiger partial charge in [-0.3, -0.25) is 14.6 Å². The number of amides is 2. The fraction of sp³-hybridized carbons (Fsp3) is 0.522. The average molecular weight is 518 g/mol. The van der Waals surface area contributed by atoms with E-state index >= 15 is 0 Å². The molecule has 4 rings (SSSR count). The van der Waals surface area contributed by atoms with Crippen LogP contribution in [-0.4, -0.2) is 51.6 Å². The number of carbonyl (C=O) groups is 2. The molecule has 1 saturated heterocycles. The Balaban J connectivity index is 1.60. The molecular formula is C23H24F6N4O3. The fourth-order valence-corrected chi connectivity index (χ4v) is 4.63. The number of nitrogens with zero attached hydrogens (tertiary/aromatic N) is 3. The van der Waals surface area contributed by atoms with Gasteiger partial charge in [0.15, 0.2) is 0 Å². The normalized spacial score (nSPS) is 19.2. The molecule has 0 bridgehead atoms. The van der Waals surface area contributed by atoms with Gasteiger partial charge in [-0.15, -0.1) is 0 Å². The van der Waals surface area contributed by atoms with E-state index in [-0.39, 0.29) is 50.4 Å². The van der Waals surface area contributed by atoms with Crippen LogP contribution in [-0.2, 0) is 24.1 Å². The zero-order valence-electron chi connectivity index (χ0n) is 19.2. The summed E-state index contributed by atoms with van der Waals surface area (Å²) in [5.74, 6) is -1.43. The van der Waals surface area contributed by atoms with E-state index < -0.39 is 41.9 Å². The zero-order chi connectivity index (χ0) is 26.3. The van der Waals surface area contributed by atoms with Crippen molar-refractivity contribution in [1.29, 1.82) is 0 Å². The van der Waals surface area contributed by atoms with Crippen molar-refractivity contribution in [3.05, 3.63) is 52.6 Å². The molecule has 0 saturated carbocycles. The van der Waals surface area contributed by atoms with Crippen LogP contribution in [0.5, 0.6) is 0 Å². The first kappa shape index (κ1) is 26.0. The van der Waals surface area contributed by atoms with Crippen molar-refractivity contribution >= 4 is 11.8 Å². The van der Waals surface area contributed by atoms with Crippen molar-refractivity contribution in [2.45, 2.75) is 63.8 Å². The van der Waals surface area contributed by atoms with Crippen LogP contribution in [0.25, 0.3) is 0 Å². The van der Waals surface area contributed by atoms with Crippen LogP contribution in [0, 0.1) is 0 Å². The van der Waals surface area contributed by atoms with Crippen LogP contribution in [0.15, 0.2) is 24.4 Å². The van der Waals surface area contributed by atoms with Crippen molar-refractivity contribution in [3.63, 3.8) is 0 Å². The Morgan fingerprint density at radius 3 is 2.56 bits per heavy atom. The Morgan fingerprint density at radius 1 is 1.19 bits per heavy atom. The predicted molar refractivity (Wildman–Crippen MR) is 114 cm³/mol. The molecule has 2 aliphatic rings. The quantitative estimate of drug-likeness (QED) is 0.593. The lowest BCUT2D eigenvalue weighted by Crippen LogP contribution is -2.45. The van der Waals surface area contributed by atoms with Crippen LogP contribution in [0.3, 0.4) is 0 Å². The third-order valence-corrected chi connectivity index (χ3v) is 6.45. The molecule has 2 aliphatic heterocycles. The zero-order valence-corrected chi connectivity index (χ0v) is 19.2. The van der Waals surface area contributed by atoms with Gasteiger partial charge in [0.05, 0.1) is 30.5 Å². The minimum atomic E-state index is -4.60. The van der Waals surface area contributed by atoms with Crippen LogP contribution in [0.2, 0.25) is 0 Å². The lowest BCUT2D eigenvalue weighted by molar-refractivity contribution is -0.169. The van der Waals surface area contributed by atoms with E-state index in [0.29, 0.717) is 17.7 Å². The molecule has 0 radical (unpaired) electrons.